The van der Waals surface area contributed by atoms with Crippen molar-refractivity contribution in [3.05, 3.63) is 35.4 Å². The largest absolute Gasteiger partial charge is 0.294 e. The average molecular weight is 272 g/mol. The second-order valence-electron chi connectivity index (χ2n) is 5.03. The van der Waals surface area contributed by atoms with E-state index < -0.39 is 29.7 Å². The van der Waals surface area contributed by atoms with E-state index in [1.54, 1.807) is 31.2 Å². The number of nitrogens with one attached hydrogen (secondary N) is 1. The van der Waals surface area contributed by atoms with E-state index in [0.717, 1.165) is 4.90 Å². The maximum Gasteiger partial charge on any atom is 0.262 e. The Kier molecular flexibility index (Phi) is 2.67. The van der Waals surface area contributed by atoms with Crippen LogP contribution in [0.15, 0.2) is 24.3 Å². The van der Waals surface area contributed by atoms with Gasteiger partial charge < -0.3 is 0 Å². The van der Waals surface area contributed by atoms with Gasteiger partial charge in [-0.15, -0.1) is 0 Å². The highest BCUT2D eigenvalue weighted by Crippen LogP contribution is 2.28. The number of hydrogen-bond donors (Lipinski definition) is 1. The summed E-state index contributed by atoms with van der Waals surface area (Å²) in [6.45, 7) is 1.66. The van der Waals surface area contributed by atoms with Crippen molar-refractivity contribution in [1.29, 1.82) is 0 Å². The molecule has 0 radical (unpaired) electrons. The molecular formula is C14H12N2O4. The predicted octanol–water partition coefficient (Wildman–Crippen LogP) is 0.334. The minimum atomic E-state index is -0.921. The zero-order chi connectivity index (χ0) is 14.4. The number of fused-ring (bicyclic) bond motifs is 1. The highest BCUT2D eigenvalue weighted by Gasteiger charge is 2.45. The van der Waals surface area contributed by atoms with Crippen molar-refractivity contribution in [2.75, 3.05) is 0 Å². The third-order valence-electron chi connectivity index (χ3n) is 3.71. The molecule has 2 aliphatic heterocycles. The van der Waals surface area contributed by atoms with Gasteiger partial charge in [-0.3, -0.25) is 29.4 Å². The van der Waals surface area contributed by atoms with E-state index in [9.17, 15) is 19.2 Å². The Hall–Kier alpha value is -2.50. The van der Waals surface area contributed by atoms with Crippen LogP contribution < -0.4 is 5.32 Å². The maximum absolute atomic E-state index is 12.3. The summed E-state index contributed by atoms with van der Waals surface area (Å²) in [7, 11) is 0. The van der Waals surface area contributed by atoms with Gasteiger partial charge in [0.1, 0.15) is 6.04 Å². The molecule has 0 aliphatic carbocycles. The fourth-order valence-corrected chi connectivity index (χ4v) is 2.59. The van der Waals surface area contributed by atoms with Crippen LogP contribution in [-0.4, -0.2) is 34.6 Å². The minimum absolute atomic E-state index is 0.163. The SMILES string of the molecule is CC1CC(N2C(=O)c3ccccc3C2=O)C(=O)NC1=O. The number of hydrogen-bond acceptors (Lipinski definition) is 4. The first-order chi connectivity index (χ1) is 9.50. The van der Waals surface area contributed by atoms with E-state index >= 15 is 0 Å². The molecule has 6 nitrogen and oxygen atoms in total. The van der Waals surface area contributed by atoms with Crippen molar-refractivity contribution < 1.29 is 19.2 Å². The monoisotopic (exact) mass is 272 g/mol. The number of amides is 4. The molecule has 1 N–H and O–H groups in total. The lowest BCUT2D eigenvalue weighted by molar-refractivity contribution is -0.139. The van der Waals surface area contributed by atoms with Crippen molar-refractivity contribution in [3.8, 4) is 0 Å². The van der Waals surface area contributed by atoms with Crippen molar-refractivity contribution >= 4 is 23.6 Å². The van der Waals surface area contributed by atoms with Crippen LogP contribution in [0.1, 0.15) is 34.1 Å². The Morgan fingerprint density at radius 2 is 1.55 bits per heavy atom. The molecule has 6 heteroatoms. The van der Waals surface area contributed by atoms with Gasteiger partial charge in [0, 0.05) is 5.92 Å². The van der Waals surface area contributed by atoms with Gasteiger partial charge in [0.2, 0.25) is 11.8 Å². The van der Waals surface area contributed by atoms with Crippen LogP contribution in [-0.2, 0) is 9.59 Å². The van der Waals surface area contributed by atoms with E-state index in [4.69, 9.17) is 0 Å². The zero-order valence-corrected chi connectivity index (χ0v) is 10.8. The first-order valence-corrected chi connectivity index (χ1v) is 6.32. The Balaban J connectivity index is 1.97. The number of rotatable bonds is 1. The molecule has 4 amide bonds. The molecule has 1 saturated heterocycles. The number of carbonyl (C=O) groups excluding carboxylic acids is 4. The van der Waals surface area contributed by atoms with Gasteiger partial charge in [-0.25, -0.2) is 0 Å². The van der Waals surface area contributed by atoms with Crippen LogP contribution in [0.4, 0.5) is 0 Å². The molecule has 2 unspecified atom stereocenters. The lowest BCUT2D eigenvalue weighted by Gasteiger charge is -2.30. The smallest absolute Gasteiger partial charge is 0.262 e. The molecule has 0 spiro atoms. The first-order valence-electron chi connectivity index (χ1n) is 6.32. The molecular weight excluding hydrogens is 260 g/mol. The van der Waals surface area contributed by atoms with E-state index in [1.165, 1.54) is 0 Å². The van der Waals surface area contributed by atoms with Gasteiger partial charge in [0.05, 0.1) is 11.1 Å². The van der Waals surface area contributed by atoms with Crippen LogP contribution >= 0.6 is 0 Å². The summed E-state index contributed by atoms with van der Waals surface area (Å²) in [4.78, 5) is 48.8. The minimum Gasteiger partial charge on any atom is -0.294 e. The predicted molar refractivity (Wildman–Crippen MR) is 67.7 cm³/mol. The highest BCUT2D eigenvalue weighted by atomic mass is 16.2. The zero-order valence-electron chi connectivity index (χ0n) is 10.8. The van der Waals surface area contributed by atoms with E-state index in [-0.39, 0.29) is 12.3 Å². The molecule has 0 bridgehead atoms. The second-order valence-corrected chi connectivity index (χ2v) is 5.03. The Labute approximate surface area is 114 Å². The Morgan fingerprint density at radius 3 is 2.10 bits per heavy atom. The summed E-state index contributed by atoms with van der Waals surface area (Å²) >= 11 is 0. The molecule has 0 aromatic heterocycles. The number of nitrogens with zero attached hydrogens (tertiary/aromatic N) is 1. The van der Waals surface area contributed by atoms with Gasteiger partial charge in [0.15, 0.2) is 0 Å². The van der Waals surface area contributed by atoms with E-state index in [2.05, 4.69) is 5.32 Å². The maximum atomic E-state index is 12.3. The third kappa shape index (κ3) is 1.65. The topological polar surface area (TPSA) is 83.6 Å². The molecule has 0 saturated carbocycles. The number of carbonyl (C=O) groups is 4. The lowest BCUT2D eigenvalue weighted by atomic mass is 9.95. The van der Waals surface area contributed by atoms with Crippen LogP contribution in [0.2, 0.25) is 0 Å². The van der Waals surface area contributed by atoms with E-state index in [0.29, 0.717) is 11.1 Å². The Morgan fingerprint density at radius 1 is 1.00 bits per heavy atom. The molecule has 1 aromatic carbocycles. The van der Waals surface area contributed by atoms with Gasteiger partial charge in [-0.05, 0) is 18.6 Å². The van der Waals surface area contributed by atoms with E-state index in [1.807, 2.05) is 0 Å². The summed E-state index contributed by atoms with van der Waals surface area (Å²) in [5.74, 6) is -2.34. The summed E-state index contributed by atoms with van der Waals surface area (Å²) < 4.78 is 0. The van der Waals surface area contributed by atoms with Crippen molar-refractivity contribution in [2.24, 2.45) is 5.92 Å². The average Bonchev–Trinajstić information content (AvgIpc) is 2.68. The molecule has 2 aliphatic rings. The molecule has 1 fully saturated rings. The highest BCUT2D eigenvalue weighted by molar-refractivity contribution is 6.23. The Bertz CT molecular complexity index is 617. The lowest BCUT2D eigenvalue weighted by Crippen LogP contribution is -2.56. The summed E-state index contributed by atoms with van der Waals surface area (Å²) in [5.41, 5.74) is 0.602. The summed E-state index contributed by atoms with van der Waals surface area (Å²) in [6.07, 6.45) is 0.163. The molecule has 3 rings (SSSR count). The van der Waals surface area contributed by atoms with Crippen LogP contribution in [0.3, 0.4) is 0 Å². The standard InChI is InChI=1S/C14H12N2O4/c1-7-6-10(12(18)15-11(7)17)16-13(19)8-4-2-3-5-9(8)14(16)20/h2-5,7,10H,6H2,1H3,(H,15,17,18). The van der Waals surface area contributed by atoms with Crippen LogP contribution in [0.25, 0.3) is 0 Å². The number of benzene rings is 1. The normalized spacial score (nSPS) is 25.8. The molecule has 2 heterocycles. The molecule has 20 heavy (non-hydrogen) atoms. The van der Waals surface area contributed by atoms with Crippen LogP contribution in [0, 0.1) is 5.92 Å². The second kappa shape index (κ2) is 4.26. The molecule has 2 atom stereocenters. The molecule has 102 valence electrons. The quantitative estimate of drug-likeness (QED) is 0.747. The summed E-state index contributed by atoms with van der Waals surface area (Å²) in [6, 6.07) is 5.53. The number of imide groups is 2. The van der Waals surface area contributed by atoms with Crippen LogP contribution in [0.5, 0.6) is 0 Å². The van der Waals surface area contributed by atoms with Crippen molar-refractivity contribution in [3.63, 3.8) is 0 Å². The van der Waals surface area contributed by atoms with Crippen molar-refractivity contribution in [1.82, 2.24) is 10.2 Å². The fraction of sp³-hybridized carbons (Fsp3) is 0.286. The van der Waals surface area contributed by atoms with Gasteiger partial charge in [-0.2, -0.15) is 0 Å². The molecule has 1 aromatic rings. The van der Waals surface area contributed by atoms with Gasteiger partial charge in [-0.1, -0.05) is 19.1 Å². The van der Waals surface area contributed by atoms with Gasteiger partial charge in [0.25, 0.3) is 11.8 Å². The fourth-order valence-electron chi connectivity index (χ4n) is 2.59. The van der Waals surface area contributed by atoms with Gasteiger partial charge >= 0.3 is 0 Å². The first kappa shape index (κ1) is 12.5. The number of piperidine rings is 1. The third-order valence-corrected chi connectivity index (χ3v) is 3.71. The summed E-state index contributed by atoms with van der Waals surface area (Å²) in [5, 5.41) is 2.20. The van der Waals surface area contributed by atoms with Crippen molar-refractivity contribution in [2.45, 2.75) is 19.4 Å².